The zero-order valence-corrected chi connectivity index (χ0v) is 11.2. The molecular formula is C14H17F3N2. The maximum absolute atomic E-state index is 12.6. The first-order chi connectivity index (χ1) is 8.79. The Kier molecular flexibility index (Phi) is 4.82. The summed E-state index contributed by atoms with van der Waals surface area (Å²) in [5.74, 6) is 0.396. The van der Waals surface area contributed by atoms with Gasteiger partial charge in [-0.3, -0.25) is 0 Å². The van der Waals surface area contributed by atoms with Gasteiger partial charge in [0.25, 0.3) is 0 Å². The van der Waals surface area contributed by atoms with Crippen molar-refractivity contribution in [1.29, 1.82) is 5.26 Å². The number of hydrogen-bond donors (Lipinski definition) is 1. The van der Waals surface area contributed by atoms with Gasteiger partial charge in [0.1, 0.15) is 0 Å². The fraction of sp³-hybridized carbons (Fsp3) is 0.500. The zero-order valence-electron chi connectivity index (χ0n) is 11.2. The van der Waals surface area contributed by atoms with E-state index in [0.717, 1.165) is 12.5 Å². The van der Waals surface area contributed by atoms with Crippen LogP contribution in [-0.4, -0.2) is 6.04 Å². The molecule has 0 saturated carbocycles. The van der Waals surface area contributed by atoms with Gasteiger partial charge in [-0.15, -0.1) is 0 Å². The minimum atomic E-state index is -4.49. The third-order valence-corrected chi connectivity index (χ3v) is 3.34. The van der Waals surface area contributed by atoms with Gasteiger partial charge in [-0.05, 0) is 31.0 Å². The monoisotopic (exact) mass is 270 g/mol. The lowest BCUT2D eigenvalue weighted by Crippen LogP contribution is -2.23. The van der Waals surface area contributed by atoms with E-state index in [1.165, 1.54) is 12.1 Å². The van der Waals surface area contributed by atoms with Crippen molar-refractivity contribution in [2.75, 3.05) is 5.32 Å². The van der Waals surface area contributed by atoms with E-state index in [1.54, 1.807) is 6.07 Å². The average Bonchev–Trinajstić information content (AvgIpc) is 2.36. The first-order valence-electron chi connectivity index (χ1n) is 6.17. The van der Waals surface area contributed by atoms with Gasteiger partial charge in [-0.25, -0.2) is 0 Å². The van der Waals surface area contributed by atoms with Crippen LogP contribution in [0, 0.1) is 17.2 Å². The standard InChI is InChI=1S/C14H17F3N2/c1-4-9(2)10(3)19-12-5-6-13(14(15,16)17)11(7-12)8-18/h5-7,9-10,19H,4H2,1-3H3. The molecule has 0 aliphatic carbocycles. The Morgan fingerprint density at radius 3 is 2.42 bits per heavy atom. The Morgan fingerprint density at radius 2 is 1.95 bits per heavy atom. The third kappa shape index (κ3) is 3.88. The number of alkyl halides is 3. The molecule has 19 heavy (non-hydrogen) atoms. The molecule has 0 radical (unpaired) electrons. The number of benzene rings is 1. The van der Waals surface area contributed by atoms with Crippen LogP contribution >= 0.6 is 0 Å². The molecule has 2 atom stereocenters. The molecule has 0 bridgehead atoms. The average molecular weight is 270 g/mol. The lowest BCUT2D eigenvalue weighted by atomic mass is 10.00. The van der Waals surface area contributed by atoms with Crippen molar-refractivity contribution in [1.82, 2.24) is 0 Å². The predicted molar refractivity (Wildman–Crippen MR) is 68.7 cm³/mol. The molecule has 1 aromatic rings. The molecule has 0 fully saturated rings. The van der Waals surface area contributed by atoms with Crippen molar-refractivity contribution in [3.05, 3.63) is 29.3 Å². The molecule has 0 spiro atoms. The van der Waals surface area contributed by atoms with E-state index in [0.29, 0.717) is 11.6 Å². The highest BCUT2D eigenvalue weighted by atomic mass is 19.4. The van der Waals surface area contributed by atoms with E-state index >= 15 is 0 Å². The second kappa shape index (κ2) is 5.96. The van der Waals surface area contributed by atoms with Crippen molar-refractivity contribution < 1.29 is 13.2 Å². The van der Waals surface area contributed by atoms with Gasteiger partial charge >= 0.3 is 6.18 Å². The van der Waals surface area contributed by atoms with Crippen molar-refractivity contribution in [3.63, 3.8) is 0 Å². The lowest BCUT2D eigenvalue weighted by molar-refractivity contribution is -0.137. The molecule has 2 nitrogen and oxygen atoms in total. The summed E-state index contributed by atoms with van der Waals surface area (Å²) >= 11 is 0. The van der Waals surface area contributed by atoms with Crippen molar-refractivity contribution >= 4 is 5.69 Å². The van der Waals surface area contributed by atoms with Gasteiger partial charge in [-0.1, -0.05) is 20.3 Å². The number of nitrogens with zero attached hydrogens (tertiary/aromatic N) is 1. The largest absolute Gasteiger partial charge is 0.417 e. The summed E-state index contributed by atoms with van der Waals surface area (Å²) in [6.07, 6.45) is -3.52. The molecule has 104 valence electrons. The van der Waals surface area contributed by atoms with Gasteiger partial charge in [0.15, 0.2) is 0 Å². The Hall–Kier alpha value is -1.70. The Morgan fingerprint density at radius 1 is 1.32 bits per heavy atom. The second-order valence-corrected chi connectivity index (χ2v) is 4.69. The Balaban J connectivity index is 2.99. The minimum Gasteiger partial charge on any atom is -0.382 e. The second-order valence-electron chi connectivity index (χ2n) is 4.69. The van der Waals surface area contributed by atoms with Crippen LogP contribution in [-0.2, 0) is 6.18 Å². The van der Waals surface area contributed by atoms with Crippen LogP contribution in [0.25, 0.3) is 0 Å². The molecule has 5 heteroatoms. The number of nitriles is 1. The quantitative estimate of drug-likeness (QED) is 0.878. The van der Waals surface area contributed by atoms with Crippen LogP contribution in [0.1, 0.15) is 38.3 Å². The van der Waals surface area contributed by atoms with E-state index < -0.39 is 11.7 Å². The highest BCUT2D eigenvalue weighted by molar-refractivity contribution is 5.54. The molecule has 1 rings (SSSR count). The lowest BCUT2D eigenvalue weighted by Gasteiger charge is -2.21. The SMILES string of the molecule is CCC(C)C(C)Nc1ccc(C(F)(F)F)c(C#N)c1. The number of anilines is 1. The summed E-state index contributed by atoms with van der Waals surface area (Å²) in [4.78, 5) is 0. The highest BCUT2D eigenvalue weighted by Crippen LogP contribution is 2.33. The van der Waals surface area contributed by atoms with Crippen LogP contribution in [0.5, 0.6) is 0 Å². The zero-order chi connectivity index (χ0) is 14.6. The summed E-state index contributed by atoms with van der Waals surface area (Å²) in [5.41, 5.74) is -0.706. The van der Waals surface area contributed by atoms with Crippen LogP contribution in [0.2, 0.25) is 0 Å². The number of rotatable bonds is 4. The first-order valence-corrected chi connectivity index (χ1v) is 6.17. The molecule has 0 aromatic heterocycles. The van der Waals surface area contributed by atoms with Gasteiger partial charge in [-0.2, -0.15) is 18.4 Å². The third-order valence-electron chi connectivity index (χ3n) is 3.34. The summed E-state index contributed by atoms with van der Waals surface area (Å²) in [7, 11) is 0. The van der Waals surface area contributed by atoms with Gasteiger partial charge in [0.05, 0.1) is 17.2 Å². The Bertz CT molecular complexity index is 475. The summed E-state index contributed by atoms with van der Waals surface area (Å²) in [5, 5.41) is 11.9. The first kappa shape index (κ1) is 15.4. The molecule has 0 aliphatic heterocycles. The summed E-state index contributed by atoms with van der Waals surface area (Å²) in [6.45, 7) is 6.08. The highest BCUT2D eigenvalue weighted by Gasteiger charge is 2.33. The number of hydrogen-bond acceptors (Lipinski definition) is 2. The Labute approximate surface area is 111 Å². The van der Waals surface area contributed by atoms with Crippen LogP contribution in [0.4, 0.5) is 18.9 Å². The molecule has 0 heterocycles. The molecule has 2 unspecified atom stereocenters. The molecule has 0 saturated heterocycles. The van der Waals surface area contributed by atoms with Crippen LogP contribution < -0.4 is 5.32 Å². The smallest absolute Gasteiger partial charge is 0.382 e. The topological polar surface area (TPSA) is 35.8 Å². The van der Waals surface area contributed by atoms with E-state index in [1.807, 2.05) is 6.92 Å². The molecule has 0 amide bonds. The van der Waals surface area contributed by atoms with Gasteiger partial charge in [0, 0.05) is 11.7 Å². The maximum Gasteiger partial charge on any atom is 0.417 e. The minimum absolute atomic E-state index is 0.133. The maximum atomic E-state index is 12.6. The predicted octanol–water partition coefficient (Wildman–Crippen LogP) is 4.42. The van der Waals surface area contributed by atoms with E-state index in [9.17, 15) is 13.2 Å². The summed E-state index contributed by atoms with van der Waals surface area (Å²) in [6, 6.07) is 5.30. The number of halogens is 3. The van der Waals surface area contributed by atoms with Crippen molar-refractivity contribution in [2.24, 2.45) is 5.92 Å². The fourth-order valence-electron chi connectivity index (χ4n) is 1.73. The normalized spacial score (nSPS) is 14.6. The van der Waals surface area contributed by atoms with Gasteiger partial charge < -0.3 is 5.32 Å². The fourth-order valence-corrected chi connectivity index (χ4v) is 1.73. The molecule has 1 aromatic carbocycles. The summed E-state index contributed by atoms with van der Waals surface area (Å²) < 4.78 is 37.9. The van der Waals surface area contributed by atoms with E-state index in [4.69, 9.17) is 5.26 Å². The van der Waals surface area contributed by atoms with Crippen molar-refractivity contribution in [3.8, 4) is 6.07 Å². The number of nitrogens with one attached hydrogen (secondary N) is 1. The molecular weight excluding hydrogens is 253 g/mol. The van der Waals surface area contributed by atoms with E-state index in [2.05, 4.69) is 19.2 Å². The molecule has 0 aliphatic rings. The van der Waals surface area contributed by atoms with Gasteiger partial charge in [0.2, 0.25) is 0 Å². The molecule has 1 N–H and O–H groups in total. The van der Waals surface area contributed by atoms with Crippen molar-refractivity contribution in [2.45, 2.75) is 39.4 Å². The van der Waals surface area contributed by atoms with Crippen LogP contribution in [0.15, 0.2) is 18.2 Å². The van der Waals surface area contributed by atoms with E-state index in [-0.39, 0.29) is 11.6 Å². The van der Waals surface area contributed by atoms with Crippen LogP contribution in [0.3, 0.4) is 0 Å².